The minimum Gasteiger partial charge on any atom is -0.482 e. The smallest absolute Gasteiger partial charge is 0.320 e. The van der Waals surface area contributed by atoms with Gasteiger partial charge in [0, 0.05) is 40.9 Å². The van der Waals surface area contributed by atoms with Crippen LogP contribution in [0.4, 0.5) is 0 Å². The van der Waals surface area contributed by atoms with Gasteiger partial charge in [-0.05, 0) is 86.0 Å². The first-order chi connectivity index (χ1) is 24.7. The van der Waals surface area contributed by atoms with Gasteiger partial charge >= 0.3 is 11.9 Å². The quantitative estimate of drug-likeness (QED) is 0.248. The molecule has 0 amide bonds. The number of hydrogen-bond donors (Lipinski definition) is 3. The summed E-state index contributed by atoms with van der Waals surface area (Å²) in [6.07, 6.45) is 0.919. The van der Waals surface area contributed by atoms with E-state index in [0.717, 1.165) is 12.0 Å². The number of rotatable bonds is 0. The van der Waals surface area contributed by atoms with Gasteiger partial charge in [0.25, 0.3) is 0 Å². The van der Waals surface area contributed by atoms with Crippen molar-refractivity contribution in [2.75, 3.05) is 19.8 Å². The Bertz CT molecular complexity index is 1770. The van der Waals surface area contributed by atoms with E-state index >= 15 is 4.79 Å². The van der Waals surface area contributed by atoms with Gasteiger partial charge in [-0.1, -0.05) is 20.8 Å². The van der Waals surface area contributed by atoms with Crippen LogP contribution in [0.5, 0.6) is 0 Å². The van der Waals surface area contributed by atoms with Crippen LogP contribution in [0.3, 0.4) is 0 Å². The Morgan fingerprint density at radius 3 is 2.31 bits per heavy atom. The Hall–Kier alpha value is -2.09. The topological polar surface area (TPSA) is 167 Å². The highest BCUT2D eigenvalue weighted by molar-refractivity contribution is 6.11. The summed E-state index contributed by atoms with van der Waals surface area (Å²) in [6, 6.07) is 0. The molecule has 4 bridgehead atoms. The normalized spacial score (nSPS) is 61.2. The van der Waals surface area contributed by atoms with Crippen molar-refractivity contribution in [3.8, 4) is 0 Å². The number of carbonyl (C=O) groups excluding carboxylic acids is 3. The van der Waals surface area contributed by atoms with Crippen molar-refractivity contribution in [3.63, 3.8) is 0 Å². The van der Waals surface area contributed by atoms with Crippen molar-refractivity contribution in [2.24, 2.45) is 68.0 Å². The lowest BCUT2D eigenvalue weighted by molar-refractivity contribution is -0.254. The Morgan fingerprint density at radius 1 is 0.731 bits per heavy atom. The largest absolute Gasteiger partial charge is 0.482 e. The molecule has 12 aliphatic rings. The highest BCUT2D eigenvalue weighted by Crippen LogP contribution is 2.77. The van der Waals surface area contributed by atoms with Crippen molar-refractivity contribution in [2.45, 2.75) is 128 Å². The van der Waals surface area contributed by atoms with E-state index in [1.165, 1.54) is 0 Å². The summed E-state index contributed by atoms with van der Waals surface area (Å²) in [6.45, 7) is 7.15. The van der Waals surface area contributed by atoms with Gasteiger partial charge in [0.2, 0.25) is 0 Å². The lowest BCUT2D eigenvalue weighted by Crippen LogP contribution is -2.71. The number of carbonyl (C=O) groups is 3. The van der Waals surface area contributed by atoms with Gasteiger partial charge in [0.15, 0.2) is 24.0 Å². The molecule has 6 aliphatic heterocycles. The van der Waals surface area contributed by atoms with E-state index in [1.54, 1.807) is 0 Å². The van der Waals surface area contributed by atoms with Crippen LogP contribution in [-0.4, -0.2) is 95.5 Å². The third kappa shape index (κ3) is 3.05. The molecular weight excluding hydrogens is 672 g/mol. The molecule has 12 rings (SSSR count). The van der Waals surface area contributed by atoms with Crippen LogP contribution in [0.2, 0.25) is 0 Å². The lowest BCUT2D eigenvalue weighted by atomic mass is 9.43. The molecule has 0 radical (unpaired) electrons. The summed E-state index contributed by atoms with van der Waals surface area (Å²) in [5.41, 5.74) is -5.47. The summed E-state index contributed by atoms with van der Waals surface area (Å²) in [7, 11) is 0. The van der Waals surface area contributed by atoms with Gasteiger partial charge in [-0.2, -0.15) is 0 Å². The zero-order chi connectivity index (χ0) is 35.7. The predicted octanol–water partition coefficient (Wildman–Crippen LogP) is 2.54. The van der Waals surface area contributed by atoms with Crippen molar-refractivity contribution >= 4 is 17.7 Å². The minimum atomic E-state index is -1.48. The van der Waals surface area contributed by atoms with Crippen LogP contribution in [0, 0.1) is 68.0 Å². The number of aliphatic hydroxyl groups is 3. The molecule has 3 N–H and O–H groups in total. The highest BCUT2D eigenvalue weighted by Gasteiger charge is 2.85. The first-order valence-corrected chi connectivity index (χ1v) is 20.0. The number of ketones is 1. The Balaban J connectivity index is 0.973. The van der Waals surface area contributed by atoms with Crippen molar-refractivity contribution < 1.29 is 58.1 Å². The maximum Gasteiger partial charge on any atom is 0.320 e. The molecule has 5 saturated carbocycles. The molecule has 52 heavy (non-hydrogen) atoms. The second-order valence-corrected chi connectivity index (χ2v) is 20.3. The molecule has 18 atom stereocenters. The molecular formula is C40H50O12. The number of fused-ring (bicyclic) bond motifs is 4. The number of hydrogen-bond acceptors (Lipinski definition) is 12. The zero-order valence-electron chi connectivity index (χ0n) is 30.1. The summed E-state index contributed by atoms with van der Waals surface area (Å²) >= 11 is 0. The third-order valence-electron chi connectivity index (χ3n) is 18.4. The van der Waals surface area contributed by atoms with Gasteiger partial charge in [-0.25, -0.2) is 0 Å². The fourth-order valence-corrected chi connectivity index (χ4v) is 16.6. The fourth-order valence-electron chi connectivity index (χ4n) is 16.6. The van der Waals surface area contributed by atoms with E-state index in [0.29, 0.717) is 63.9 Å². The van der Waals surface area contributed by atoms with Gasteiger partial charge < -0.3 is 43.7 Å². The van der Waals surface area contributed by atoms with Crippen LogP contribution < -0.4 is 0 Å². The second kappa shape index (κ2) is 9.29. The molecule has 0 unspecified atom stereocenters. The van der Waals surface area contributed by atoms with E-state index in [1.807, 2.05) is 13.8 Å². The first-order valence-electron chi connectivity index (χ1n) is 20.0. The summed E-state index contributed by atoms with van der Waals surface area (Å²) in [4.78, 5) is 44.9. The van der Waals surface area contributed by atoms with Gasteiger partial charge in [0.05, 0.1) is 32.0 Å². The molecule has 5 spiro atoms. The molecule has 282 valence electrons. The summed E-state index contributed by atoms with van der Waals surface area (Å²) in [5.74, 6) is -2.56. The maximum absolute atomic E-state index is 15.6. The molecule has 0 aromatic heterocycles. The monoisotopic (exact) mass is 722 g/mol. The lowest BCUT2D eigenvalue weighted by Gasteiger charge is -2.62. The minimum absolute atomic E-state index is 0.0477. The highest BCUT2D eigenvalue weighted by atomic mass is 16.7. The number of aliphatic hydroxyl groups excluding tert-OH is 3. The predicted molar refractivity (Wildman–Crippen MR) is 174 cm³/mol. The van der Waals surface area contributed by atoms with Crippen molar-refractivity contribution in [1.82, 2.24) is 0 Å². The van der Waals surface area contributed by atoms with Crippen LogP contribution in [0.15, 0.2) is 11.3 Å². The molecule has 12 heteroatoms. The summed E-state index contributed by atoms with van der Waals surface area (Å²) in [5, 5.41) is 34.8. The van der Waals surface area contributed by atoms with Gasteiger partial charge in [0.1, 0.15) is 28.8 Å². The SMILES string of the molecule is CC1(C)[C@H]2[C@H](O)OC[C@@]23[C@H](C[C@@H]1O)OC(=O)[C@@]12C[C@@H](CC[C@H]13)[C@@]1(CCC3=C(O1)[C@]14C[C@H]3C[C@@H](O)[C@H]1[C@]13CO[C@H]5OC[C@](C)(CC[C@@H]1OC4=O)[C@@H]53)C2=O. The third-order valence-corrected chi connectivity index (χ3v) is 18.4. The summed E-state index contributed by atoms with van der Waals surface area (Å²) < 4.78 is 38.8. The van der Waals surface area contributed by atoms with Crippen molar-refractivity contribution in [3.05, 3.63) is 11.3 Å². The van der Waals surface area contributed by atoms with Crippen LogP contribution >= 0.6 is 0 Å². The molecule has 6 heterocycles. The number of ether oxygens (including phenoxy) is 6. The van der Waals surface area contributed by atoms with Gasteiger partial charge in [-0.3, -0.25) is 14.4 Å². The van der Waals surface area contributed by atoms with E-state index in [9.17, 15) is 24.9 Å². The second-order valence-electron chi connectivity index (χ2n) is 20.3. The molecule has 0 aromatic carbocycles. The van der Waals surface area contributed by atoms with E-state index in [4.69, 9.17) is 28.4 Å². The van der Waals surface area contributed by atoms with Crippen molar-refractivity contribution in [1.29, 1.82) is 0 Å². The fraction of sp³-hybridized carbons (Fsp3) is 0.875. The average Bonchev–Trinajstić information content (AvgIpc) is 3.87. The average molecular weight is 723 g/mol. The zero-order valence-corrected chi connectivity index (χ0v) is 30.1. The Morgan fingerprint density at radius 2 is 1.48 bits per heavy atom. The van der Waals surface area contributed by atoms with E-state index < -0.39 is 93.4 Å². The number of Topliss-reactive ketones (excluding diaryl/α,β-unsaturated/α-hetero) is 1. The molecule has 5 saturated heterocycles. The van der Waals surface area contributed by atoms with Gasteiger partial charge in [-0.15, -0.1) is 0 Å². The number of allylic oxidation sites excluding steroid dienone is 1. The van der Waals surface area contributed by atoms with Crippen LogP contribution in [0.25, 0.3) is 0 Å². The Kier molecular flexibility index (Phi) is 5.75. The standard InChI is InChI=1S/C40H50O12/c1-34(2)22(42)11-24-38(15-47-29(43)26(34)38)21-5-4-18-13-36(21,32(45)51-24)31(44)40(18)9-6-19-17-10-20(41)25-37(12-17,28(19)52-40)33(46)50-23-7-8-35(3)14-48-30-27(35)39(23,25)16-49-30/h17-18,20-27,29-30,41-43H,4-16H2,1-3H3/t17-,18-,20-,21-,22+,23+,24+,25-,26-,27-,29-,30-,35+,36+,37+,38-,39+,40+/m1/s1. The van der Waals surface area contributed by atoms with Crippen LogP contribution in [-0.2, 0) is 42.8 Å². The molecule has 12 nitrogen and oxygen atoms in total. The number of esters is 2. The van der Waals surface area contributed by atoms with E-state index in [-0.39, 0.29) is 54.4 Å². The Labute approximate surface area is 302 Å². The molecule has 6 aliphatic carbocycles. The van der Waals surface area contributed by atoms with Crippen LogP contribution in [0.1, 0.15) is 85.0 Å². The van der Waals surface area contributed by atoms with E-state index in [2.05, 4.69) is 6.92 Å². The maximum atomic E-state index is 15.6. The molecule has 10 fully saturated rings. The molecule has 0 aromatic rings. The first kappa shape index (κ1) is 32.2.